The maximum atomic E-state index is 4.34. The number of aryl methyl sites for hydroxylation is 1. The molecule has 0 radical (unpaired) electrons. The van der Waals surface area contributed by atoms with Crippen molar-refractivity contribution in [2.24, 2.45) is 4.99 Å². The van der Waals surface area contributed by atoms with Crippen molar-refractivity contribution in [3.05, 3.63) is 65.6 Å². The first kappa shape index (κ1) is 24.4. The Morgan fingerprint density at radius 3 is 2.53 bits per heavy atom. The number of guanidine groups is 1. The van der Waals surface area contributed by atoms with Gasteiger partial charge < -0.3 is 10.6 Å². The number of piperidine rings is 1. The Morgan fingerprint density at radius 1 is 0.969 bits per heavy atom. The highest BCUT2D eigenvalue weighted by atomic mass is 127. The molecular formula is C24H34IN7. The van der Waals surface area contributed by atoms with Crippen molar-refractivity contribution >= 4 is 35.6 Å². The summed E-state index contributed by atoms with van der Waals surface area (Å²) in [6.07, 6.45) is 7.90. The van der Waals surface area contributed by atoms with Gasteiger partial charge in [0.15, 0.2) is 11.6 Å². The smallest absolute Gasteiger partial charge is 0.191 e. The monoisotopic (exact) mass is 547 g/mol. The molecule has 0 aliphatic carbocycles. The van der Waals surface area contributed by atoms with Crippen LogP contribution in [0.4, 0.5) is 0 Å². The minimum absolute atomic E-state index is 0. The molecule has 2 aromatic heterocycles. The van der Waals surface area contributed by atoms with E-state index in [1.807, 2.05) is 35.8 Å². The van der Waals surface area contributed by atoms with E-state index in [0.717, 1.165) is 49.9 Å². The Morgan fingerprint density at radius 2 is 1.75 bits per heavy atom. The Labute approximate surface area is 207 Å². The summed E-state index contributed by atoms with van der Waals surface area (Å²) in [5.41, 5.74) is 3.55. The van der Waals surface area contributed by atoms with Crippen molar-refractivity contribution in [3.63, 3.8) is 0 Å². The fraction of sp³-hybridized carbons (Fsp3) is 0.458. The number of hydrogen-bond donors (Lipinski definition) is 2. The van der Waals surface area contributed by atoms with Crippen LogP contribution in [0.2, 0.25) is 0 Å². The molecule has 1 aromatic carbocycles. The normalized spacial score (nSPS) is 14.8. The largest absolute Gasteiger partial charge is 0.356 e. The molecule has 4 rings (SSSR count). The number of rotatable bonds is 8. The van der Waals surface area contributed by atoms with Crippen LogP contribution in [0.15, 0.2) is 53.7 Å². The van der Waals surface area contributed by atoms with Crippen LogP contribution < -0.4 is 10.6 Å². The SMILES string of the molecule is CN=C(NCCCc1nnc2ccccn12)NCc1ccc(CN2CCCCC2)cc1.I. The molecule has 7 nitrogen and oxygen atoms in total. The van der Waals surface area contributed by atoms with E-state index in [-0.39, 0.29) is 24.0 Å². The number of fused-ring (bicyclic) bond motifs is 1. The maximum absolute atomic E-state index is 4.34. The number of benzene rings is 1. The van der Waals surface area contributed by atoms with Crippen LogP contribution in [0.3, 0.4) is 0 Å². The molecule has 0 bridgehead atoms. The van der Waals surface area contributed by atoms with Crippen molar-refractivity contribution in [2.75, 3.05) is 26.7 Å². The minimum Gasteiger partial charge on any atom is -0.356 e. The van der Waals surface area contributed by atoms with Gasteiger partial charge in [-0.05, 0) is 55.6 Å². The zero-order valence-corrected chi connectivity index (χ0v) is 21.2. The lowest BCUT2D eigenvalue weighted by Crippen LogP contribution is -2.37. The van der Waals surface area contributed by atoms with Crippen molar-refractivity contribution < 1.29 is 0 Å². The van der Waals surface area contributed by atoms with E-state index in [4.69, 9.17) is 0 Å². The van der Waals surface area contributed by atoms with Gasteiger partial charge in [-0.15, -0.1) is 34.2 Å². The molecular weight excluding hydrogens is 513 g/mol. The topological polar surface area (TPSA) is 69.8 Å². The average molecular weight is 547 g/mol. The molecule has 172 valence electrons. The zero-order chi connectivity index (χ0) is 21.3. The quantitative estimate of drug-likeness (QED) is 0.195. The molecule has 32 heavy (non-hydrogen) atoms. The van der Waals surface area contributed by atoms with Crippen LogP contribution in [0, 0.1) is 0 Å². The van der Waals surface area contributed by atoms with Gasteiger partial charge in [0.1, 0.15) is 5.82 Å². The van der Waals surface area contributed by atoms with Crippen LogP contribution in [0.25, 0.3) is 5.65 Å². The highest BCUT2D eigenvalue weighted by Crippen LogP contribution is 2.13. The van der Waals surface area contributed by atoms with E-state index in [0.29, 0.717) is 0 Å². The van der Waals surface area contributed by atoms with Gasteiger partial charge in [0.25, 0.3) is 0 Å². The molecule has 0 unspecified atom stereocenters. The molecule has 2 N–H and O–H groups in total. The van der Waals surface area contributed by atoms with Crippen LogP contribution in [-0.2, 0) is 19.5 Å². The molecule has 3 aromatic rings. The lowest BCUT2D eigenvalue weighted by Gasteiger charge is -2.26. The van der Waals surface area contributed by atoms with Gasteiger partial charge in [-0.1, -0.05) is 36.8 Å². The summed E-state index contributed by atoms with van der Waals surface area (Å²) in [6, 6.07) is 14.9. The number of halogens is 1. The second-order valence-corrected chi connectivity index (χ2v) is 8.15. The van der Waals surface area contributed by atoms with Crippen LogP contribution in [-0.4, -0.2) is 52.1 Å². The van der Waals surface area contributed by atoms with Crippen molar-refractivity contribution in [2.45, 2.75) is 45.2 Å². The first-order valence-electron chi connectivity index (χ1n) is 11.3. The van der Waals surface area contributed by atoms with Gasteiger partial charge in [0.2, 0.25) is 0 Å². The fourth-order valence-corrected chi connectivity index (χ4v) is 4.06. The average Bonchev–Trinajstić information content (AvgIpc) is 3.23. The van der Waals surface area contributed by atoms with Gasteiger partial charge in [-0.3, -0.25) is 14.3 Å². The molecule has 3 heterocycles. The van der Waals surface area contributed by atoms with E-state index in [1.54, 1.807) is 0 Å². The summed E-state index contributed by atoms with van der Waals surface area (Å²) in [5, 5.41) is 15.3. The standard InChI is InChI=1S/C24H33N7.HI/c1-25-24(26-14-7-9-23-29-28-22-8-3-6-17-31(22)23)27-18-20-10-12-21(13-11-20)19-30-15-4-2-5-16-30;/h3,6,8,10-13,17H,2,4-5,7,9,14-16,18-19H2,1H3,(H2,25,26,27);1H. The number of pyridine rings is 1. The molecule has 0 saturated carbocycles. The summed E-state index contributed by atoms with van der Waals surface area (Å²) < 4.78 is 2.04. The van der Waals surface area contributed by atoms with Crippen molar-refractivity contribution in [3.8, 4) is 0 Å². The first-order chi connectivity index (χ1) is 15.3. The summed E-state index contributed by atoms with van der Waals surface area (Å²) >= 11 is 0. The predicted molar refractivity (Wildman–Crippen MR) is 140 cm³/mol. The van der Waals surface area contributed by atoms with Crippen LogP contribution in [0.5, 0.6) is 0 Å². The first-order valence-corrected chi connectivity index (χ1v) is 11.3. The minimum atomic E-state index is 0. The molecule has 8 heteroatoms. The van der Waals surface area contributed by atoms with Crippen LogP contribution >= 0.6 is 24.0 Å². The molecule has 0 spiro atoms. The summed E-state index contributed by atoms with van der Waals surface area (Å²) in [6.45, 7) is 5.13. The summed E-state index contributed by atoms with van der Waals surface area (Å²) in [5.74, 6) is 1.81. The molecule has 0 atom stereocenters. The third-order valence-corrected chi connectivity index (χ3v) is 5.82. The lowest BCUT2D eigenvalue weighted by molar-refractivity contribution is 0.221. The fourth-order valence-electron chi connectivity index (χ4n) is 4.06. The van der Waals surface area contributed by atoms with Gasteiger partial charge in [0, 0.05) is 39.3 Å². The lowest BCUT2D eigenvalue weighted by atomic mass is 10.1. The number of aliphatic imine (C=N–C) groups is 1. The zero-order valence-electron chi connectivity index (χ0n) is 18.8. The second-order valence-electron chi connectivity index (χ2n) is 8.15. The van der Waals surface area contributed by atoms with Gasteiger partial charge in [-0.2, -0.15) is 0 Å². The molecule has 1 aliphatic heterocycles. The Hall–Kier alpha value is -2.20. The van der Waals surface area contributed by atoms with Gasteiger partial charge in [0.05, 0.1) is 0 Å². The van der Waals surface area contributed by atoms with E-state index < -0.39 is 0 Å². The predicted octanol–water partition coefficient (Wildman–Crippen LogP) is 3.63. The molecule has 1 aliphatic rings. The van der Waals surface area contributed by atoms with Crippen molar-refractivity contribution in [1.82, 2.24) is 30.1 Å². The number of nitrogens with zero attached hydrogens (tertiary/aromatic N) is 5. The number of likely N-dealkylation sites (tertiary alicyclic amines) is 1. The number of nitrogens with one attached hydrogen (secondary N) is 2. The Bertz CT molecular complexity index is 977. The van der Waals surface area contributed by atoms with E-state index in [9.17, 15) is 0 Å². The van der Waals surface area contributed by atoms with Gasteiger partial charge >= 0.3 is 0 Å². The molecule has 0 amide bonds. The summed E-state index contributed by atoms with van der Waals surface area (Å²) in [7, 11) is 1.81. The molecule has 1 saturated heterocycles. The van der Waals surface area contributed by atoms with Gasteiger partial charge in [-0.25, -0.2) is 0 Å². The highest BCUT2D eigenvalue weighted by Gasteiger charge is 2.10. The van der Waals surface area contributed by atoms with E-state index in [1.165, 1.54) is 43.5 Å². The third kappa shape index (κ3) is 6.90. The highest BCUT2D eigenvalue weighted by molar-refractivity contribution is 14.0. The van der Waals surface area contributed by atoms with Crippen molar-refractivity contribution in [1.29, 1.82) is 0 Å². The molecule has 1 fully saturated rings. The van der Waals surface area contributed by atoms with E-state index in [2.05, 4.69) is 55.0 Å². The Kier molecular flexibility index (Phi) is 9.73. The summed E-state index contributed by atoms with van der Waals surface area (Å²) in [4.78, 5) is 6.90. The van der Waals surface area contributed by atoms with E-state index >= 15 is 0 Å². The number of hydrogen-bond acceptors (Lipinski definition) is 4. The Balaban J connectivity index is 0.00000289. The van der Waals surface area contributed by atoms with Crippen LogP contribution in [0.1, 0.15) is 42.6 Å². The maximum Gasteiger partial charge on any atom is 0.191 e. The number of aromatic nitrogens is 3. The second kappa shape index (κ2) is 12.7. The third-order valence-electron chi connectivity index (χ3n) is 5.82.